The van der Waals surface area contributed by atoms with Gasteiger partial charge in [0, 0.05) is 31.9 Å². The smallest absolute Gasteiger partial charge is 0.259 e. The van der Waals surface area contributed by atoms with E-state index in [9.17, 15) is 9.59 Å². The monoisotopic (exact) mass is 528 g/mol. The molecule has 3 aliphatic rings. The maximum absolute atomic E-state index is 13.4. The molecule has 1 saturated heterocycles. The third-order valence-electron chi connectivity index (χ3n) is 7.39. The summed E-state index contributed by atoms with van der Waals surface area (Å²) >= 11 is 0. The molecule has 3 heterocycles. The Labute approximate surface area is 227 Å². The zero-order valence-corrected chi connectivity index (χ0v) is 21.9. The largest absolute Gasteiger partial charge is 0.480 e. The standard InChI is InChI=1S/C30H32N4O5/c1-37-29-25(9-4-12-31-29)30(36)34-16-26-27(17-34)38-19-21-6-3-8-24(14-21)39-23-7-2-5-20(13-23)15-33(22-10-11-22)18-28(35)32-26/h2-9,12-14,22,26-27H,10-11,15-19H2,1H3,(H,32,35)/t26-,27-/m0/s1. The van der Waals surface area contributed by atoms with Gasteiger partial charge in [0.1, 0.15) is 17.1 Å². The minimum atomic E-state index is -0.375. The Morgan fingerprint density at radius 2 is 1.77 bits per heavy atom. The first-order chi connectivity index (χ1) is 19.1. The SMILES string of the molecule is COc1ncccc1C(=O)N1C[C@@H]2NC(=O)CN(C3CC3)Cc3cccc(c3)Oc3cccc(c3)CO[C@H]2C1. The number of carbonyl (C=O) groups excluding carboxylic acids is 2. The molecule has 39 heavy (non-hydrogen) atoms. The van der Waals surface area contributed by atoms with Gasteiger partial charge in [0.05, 0.1) is 32.4 Å². The minimum Gasteiger partial charge on any atom is -0.480 e. The van der Waals surface area contributed by atoms with E-state index in [4.69, 9.17) is 14.2 Å². The van der Waals surface area contributed by atoms with Crippen LogP contribution in [0.1, 0.15) is 34.3 Å². The molecule has 4 bridgehead atoms. The molecule has 2 aliphatic heterocycles. The summed E-state index contributed by atoms with van der Waals surface area (Å²) in [6.45, 7) is 1.94. The highest BCUT2D eigenvalue weighted by molar-refractivity contribution is 5.96. The highest BCUT2D eigenvalue weighted by atomic mass is 16.5. The molecule has 202 valence electrons. The second-order valence-electron chi connectivity index (χ2n) is 10.3. The molecular formula is C30H32N4O5. The topological polar surface area (TPSA) is 93.2 Å². The first kappa shape index (κ1) is 25.3. The van der Waals surface area contributed by atoms with E-state index >= 15 is 0 Å². The average Bonchev–Trinajstić information content (AvgIpc) is 3.72. The van der Waals surface area contributed by atoms with Crippen molar-refractivity contribution in [3.63, 3.8) is 0 Å². The molecule has 0 spiro atoms. The number of hydrogen-bond donors (Lipinski definition) is 1. The van der Waals surface area contributed by atoms with Crippen LogP contribution in [0.5, 0.6) is 17.4 Å². The van der Waals surface area contributed by atoms with Gasteiger partial charge in [-0.05, 0) is 60.4 Å². The van der Waals surface area contributed by atoms with Gasteiger partial charge in [-0.1, -0.05) is 24.3 Å². The molecule has 2 atom stereocenters. The first-order valence-electron chi connectivity index (χ1n) is 13.3. The summed E-state index contributed by atoms with van der Waals surface area (Å²) in [7, 11) is 1.49. The molecule has 6 rings (SSSR count). The zero-order valence-electron chi connectivity index (χ0n) is 21.9. The van der Waals surface area contributed by atoms with Gasteiger partial charge in [0.15, 0.2) is 0 Å². The van der Waals surface area contributed by atoms with Crippen LogP contribution >= 0.6 is 0 Å². The normalized spacial score (nSPS) is 22.0. The van der Waals surface area contributed by atoms with Gasteiger partial charge >= 0.3 is 0 Å². The number of benzene rings is 2. The summed E-state index contributed by atoms with van der Waals surface area (Å²) in [4.78, 5) is 34.8. The Morgan fingerprint density at radius 3 is 2.54 bits per heavy atom. The van der Waals surface area contributed by atoms with Crippen molar-refractivity contribution in [1.29, 1.82) is 0 Å². The summed E-state index contributed by atoms with van der Waals surface area (Å²) in [5, 5.41) is 3.18. The second-order valence-corrected chi connectivity index (χ2v) is 10.3. The highest BCUT2D eigenvalue weighted by Crippen LogP contribution is 2.30. The van der Waals surface area contributed by atoms with Crippen LogP contribution in [0.15, 0.2) is 66.9 Å². The predicted octanol–water partition coefficient (Wildman–Crippen LogP) is 3.39. The van der Waals surface area contributed by atoms with Crippen LogP contribution < -0.4 is 14.8 Å². The van der Waals surface area contributed by atoms with Gasteiger partial charge in [0.2, 0.25) is 11.8 Å². The van der Waals surface area contributed by atoms with Gasteiger partial charge in [-0.3, -0.25) is 14.5 Å². The van der Waals surface area contributed by atoms with Crippen molar-refractivity contribution in [2.75, 3.05) is 26.7 Å². The number of likely N-dealkylation sites (tertiary alicyclic amines) is 1. The van der Waals surface area contributed by atoms with Crippen molar-refractivity contribution in [2.45, 2.75) is 44.2 Å². The summed E-state index contributed by atoms with van der Waals surface area (Å²) in [6.07, 6.45) is 3.38. The van der Waals surface area contributed by atoms with Crippen LogP contribution in [-0.4, -0.2) is 71.5 Å². The Hall–Kier alpha value is -3.95. The Kier molecular flexibility index (Phi) is 7.17. The second kappa shape index (κ2) is 11.0. The number of amides is 2. The Balaban J connectivity index is 1.27. The quantitative estimate of drug-likeness (QED) is 0.557. The van der Waals surface area contributed by atoms with Crippen LogP contribution in [0.2, 0.25) is 0 Å². The number of ether oxygens (including phenoxy) is 3. The number of aromatic nitrogens is 1. The summed E-state index contributed by atoms with van der Waals surface area (Å²) < 4.78 is 17.8. The number of fused-ring (bicyclic) bond motifs is 5. The fourth-order valence-electron chi connectivity index (χ4n) is 5.30. The lowest BCUT2D eigenvalue weighted by atomic mass is 10.1. The average molecular weight is 529 g/mol. The van der Waals surface area contributed by atoms with Crippen molar-refractivity contribution < 1.29 is 23.8 Å². The number of rotatable bonds is 3. The molecule has 1 saturated carbocycles. The zero-order chi connectivity index (χ0) is 26.8. The van der Waals surface area contributed by atoms with Gasteiger partial charge in [0.25, 0.3) is 5.91 Å². The maximum Gasteiger partial charge on any atom is 0.259 e. The molecule has 2 amide bonds. The van der Waals surface area contributed by atoms with Gasteiger partial charge in [-0.15, -0.1) is 0 Å². The van der Waals surface area contributed by atoms with Crippen LogP contribution in [0.25, 0.3) is 0 Å². The van der Waals surface area contributed by atoms with Crippen LogP contribution in [0, 0.1) is 0 Å². The fourth-order valence-corrected chi connectivity index (χ4v) is 5.30. The van der Waals surface area contributed by atoms with Crippen molar-refractivity contribution in [3.8, 4) is 17.4 Å². The van der Waals surface area contributed by atoms with Crippen molar-refractivity contribution in [3.05, 3.63) is 83.6 Å². The molecule has 2 fully saturated rings. The van der Waals surface area contributed by atoms with E-state index in [1.807, 2.05) is 42.5 Å². The number of methoxy groups -OCH3 is 1. The maximum atomic E-state index is 13.4. The van der Waals surface area contributed by atoms with E-state index in [0.29, 0.717) is 37.8 Å². The highest BCUT2D eigenvalue weighted by Gasteiger charge is 2.39. The number of hydrogen-bond acceptors (Lipinski definition) is 7. The first-order valence-corrected chi connectivity index (χ1v) is 13.3. The Morgan fingerprint density at radius 1 is 1.00 bits per heavy atom. The molecular weight excluding hydrogens is 496 g/mol. The van der Waals surface area contributed by atoms with Gasteiger partial charge < -0.3 is 24.4 Å². The third-order valence-corrected chi connectivity index (χ3v) is 7.39. The molecule has 0 unspecified atom stereocenters. The molecule has 1 N–H and O–H groups in total. The molecule has 1 aliphatic carbocycles. The fraction of sp³-hybridized carbons (Fsp3) is 0.367. The van der Waals surface area contributed by atoms with Crippen molar-refractivity contribution in [2.24, 2.45) is 0 Å². The summed E-state index contributed by atoms with van der Waals surface area (Å²) in [5.74, 6) is 1.49. The predicted molar refractivity (Wildman–Crippen MR) is 144 cm³/mol. The van der Waals surface area contributed by atoms with Crippen LogP contribution in [0.4, 0.5) is 0 Å². The van der Waals surface area contributed by atoms with E-state index in [-0.39, 0.29) is 36.4 Å². The van der Waals surface area contributed by atoms with E-state index in [0.717, 1.165) is 35.5 Å². The van der Waals surface area contributed by atoms with E-state index < -0.39 is 0 Å². The number of nitrogens with zero attached hydrogens (tertiary/aromatic N) is 3. The van der Waals surface area contributed by atoms with Crippen molar-refractivity contribution in [1.82, 2.24) is 20.1 Å². The number of nitrogens with one attached hydrogen (secondary N) is 1. The molecule has 0 radical (unpaired) electrons. The van der Waals surface area contributed by atoms with E-state index in [1.54, 1.807) is 23.2 Å². The molecule has 9 heteroatoms. The molecule has 3 aromatic rings. The molecule has 1 aromatic heterocycles. The lowest BCUT2D eigenvalue weighted by molar-refractivity contribution is -0.124. The van der Waals surface area contributed by atoms with Crippen molar-refractivity contribution >= 4 is 11.8 Å². The number of pyridine rings is 1. The third kappa shape index (κ3) is 5.89. The minimum absolute atomic E-state index is 0.0738. The van der Waals surface area contributed by atoms with Crippen LogP contribution in [0.3, 0.4) is 0 Å². The number of carbonyl (C=O) groups is 2. The molecule has 9 nitrogen and oxygen atoms in total. The Bertz CT molecular complexity index is 1360. The van der Waals surface area contributed by atoms with E-state index in [2.05, 4.69) is 21.3 Å². The van der Waals surface area contributed by atoms with Gasteiger partial charge in [-0.25, -0.2) is 4.98 Å². The van der Waals surface area contributed by atoms with E-state index in [1.165, 1.54) is 7.11 Å². The van der Waals surface area contributed by atoms with Crippen LogP contribution in [-0.2, 0) is 22.7 Å². The summed E-state index contributed by atoms with van der Waals surface area (Å²) in [5.41, 5.74) is 2.43. The molecule has 2 aromatic carbocycles. The lowest BCUT2D eigenvalue weighted by Crippen LogP contribution is -2.48. The lowest BCUT2D eigenvalue weighted by Gasteiger charge is -2.25. The van der Waals surface area contributed by atoms with Gasteiger partial charge in [-0.2, -0.15) is 0 Å². The summed E-state index contributed by atoms with van der Waals surface area (Å²) in [6, 6.07) is 19.3.